The molecular formula is C26H25N5O6S. The molecule has 0 aliphatic rings. The molecule has 12 heteroatoms. The smallest absolute Gasteiger partial charge is 0.389 e. The molecule has 4 aromatic rings. The summed E-state index contributed by atoms with van der Waals surface area (Å²) in [5.74, 6) is -0.121. The van der Waals surface area contributed by atoms with Gasteiger partial charge in [0.05, 0.1) is 22.0 Å². The predicted molar refractivity (Wildman–Crippen MR) is 138 cm³/mol. The van der Waals surface area contributed by atoms with Crippen molar-refractivity contribution in [1.82, 2.24) is 20.4 Å². The highest BCUT2D eigenvalue weighted by atomic mass is 32.2. The summed E-state index contributed by atoms with van der Waals surface area (Å²) in [4.78, 5) is 31.5. The Hall–Kier alpha value is -4.58. The Kier molecular flexibility index (Phi) is 7.53. The van der Waals surface area contributed by atoms with E-state index < -0.39 is 21.2 Å². The zero-order chi connectivity index (χ0) is 27.4. The van der Waals surface area contributed by atoms with Gasteiger partial charge in [-0.25, -0.2) is 23.2 Å². The SMILES string of the molecule is CC(=O)NCc1ccc(-c2cc(-c3nc(-c4ccc(S(=O)(=O)C(C)C)cc4)cnc3OC(N)=O)on2)cc1. The summed E-state index contributed by atoms with van der Waals surface area (Å²) in [7, 11) is -3.43. The lowest BCUT2D eigenvalue weighted by atomic mass is 10.1. The summed E-state index contributed by atoms with van der Waals surface area (Å²) in [6.45, 7) is 5.08. The average Bonchev–Trinajstić information content (AvgIpc) is 3.38. The van der Waals surface area contributed by atoms with Crippen LogP contribution in [-0.2, 0) is 21.2 Å². The lowest BCUT2D eigenvalue weighted by Gasteiger charge is -2.09. The Bertz CT molecular complexity index is 1580. The summed E-state index contributed by atoms with van der Waals surface area (Å²) in [6, 6.07) is 15.2. The van der Waals surface area contributed by atoms with Crippen molar-refractivity contribution < 1.29 is 27.3 Å². The van der Waals surface area contributed by atoms with Crippen LogP contribution in [-0.4, -0.2) is 40.8 Å². The monoisotopic (exact) mass is 535 g/mol. The van der Waals surface area contributed by atoms with E-state index in [1.807, 2.05) is 24.3 Å². The van der Waals surface area contributed by atoms with Crippen molar-refractivity contribution in [2.24, 2.45) is 5.73 Å². The molecule has 0 spiro atoms. The van der Waals surface area contributed by atoms with Gasteiger partial charge in [0.1, 0.15) is 5.69 Å². The van der Waals surface area contributed by atoms with E-state index in [4.69, 9.17) is 15.0 Å². The van der Waals surface area contributed by atoms with Crippen LogP contribution in [0.2, 0.25) is 0 Å². The lowest BCUT2D eigenvalue weighted by molar-refractivity contribution is -0.119. The molecule has 11 nitrogen and oxygen atoms in total. The molecule has 196 valence electrons. The lowest BCUT2D eigenvalue weighted by Crippen LogP contribution is -2.18. The first-order valence-corrected chi connectivity index (χ1v) is 13.1. The van der Waals surface area contributed by atoms with Crippen LogP contribution in [0.25, 0.3) is 34.0 Å². The number of ether oxygens (including phenoxy) is 1. The normalized spacial score (nSPS) is 11.4. The number of primary amides is 1. The van der Waals surface area contributed by atoms with Crippen molar-refractivity contribution >= 4 is 21.8 Å². The van der Waals surface area contributed by atoms with Gasteiger partial charge in [-0.3, -0.25) is 4.79 Å². The number of carbonyl (C=O) groups excluding carboxylic acids is 2. The molecule has 0 radical (unpaired) electrons. The van der Waals surface area contributed by atoms with Crippen LogP contribution in [0.3, 0.4) is 0 Å². The minimum Gasteiger partial charge on any atom is -0.389 e. The van der Waals surface area contributed by atoms with Gasteiger partial charge in [-0.2, -0.15) is 0 Å². The fourth-order valence-corrected chi connectivity index (χ4v) is 4.54. The number of nitrogens with zero attached hydrogens (tertiary/aromatic N) is 3. The molecule has 0 aliphatic carbocycles. The second-order valence-electron chi connectivity index (χ2n) is 8.63. The molecule has 0 saturated heterocycles. The quantitative estimate of drug-likeness (QED) is 0.341. The van der Waals surface area contributed by atoms with Gasteiger partial charge < -0.3 is 20.3 Å². The van der Waals surface area contributed by atoms with E-state index in [2.05, 4.69) is 20.4 Å². The third-order valence-electron chi connectivity index (χ3n) is 5.57. The number of aromatic nitrogens is 3. The van der Waals surface area contributed by atoms with Crippen LogP contribution < -0.4 is 15.8 Å². The number of benzene rings is 2. The van der Waals surface area contributed by atoms with Crippen LogP contribution in [0.4, 0.5) is 4.79 Å². The van der Waals surface area contributed by atoms with Crippen molar-refractivity contribution in [3.63, 3.8) is 0 Å². The molecule has 38 heavy (non-hydrogen) atoms. The Labute approximate surface area is 219 Å². The van der Waals surface area contributed by atoms with Crippen LogP contribution in [0.5, 0.6) is 5.88 Å². The van der Waals surface area contributed by atoms with Crippen molar-refractivity contribution in [3.05, 3.63) is 66.4 Å². The maximum atomic E-state index is 12.4. The van der Waals surface area contributed by atoms with Crippen LogP contribution in [0, 0.1) is 0 Å². The van der Waals surface area contributed by atoms with E-state index in [1.54, 1.807) is 32.0 Å². The molecule has 2 heterocycles. The Balaban J connectivity index is 1.67. The largest absolute Gasteiger partial charge is 0.411 e. The number of sulfone groups is 1. The standard InChI is InChI=1S/C26H25N5O6S/c1-15(2)38(34,35)20-10-8-19(9-11-20)22-14-29-25(36-26(27)33)24(30-22)23-12-21(31-37-23)18-6-4-17(5-7-18)13-28-16(3)32/h4-12,14-15H,13H2,1-3H3,(H2,27,33)(H,28,32). The first-order chi connectivity index (χ1) is 18.0. The molecule has 0 fully saturated rings. The number of carbonyl (C=O) groups is 2. The Morgan fingerprint density at radius 1 is 1.03 bits per heavy atom. The first kappa shape index (κ1) is 26.5. The van der Waals surface area contributed by atoms with E-state index >= 15 is 0 Å². The molecule has 2 aromatic carbocycles. The van der Waals surface area contributed by atoms with Crippen molar-refractivity contribution in [3.8, 4) is 39.8 Å². The highest BCUT2D eigenvalue weighted by Crippen LogP contribution is 2.32. The van der Waals surface area contributed by atoms with Crippen LogP contribution >= 0.6 is 0 Å². The van der Waals surface area contributed by atoms with Crippen molar-refractivity contribution in [2.75, 3.05) is 0 Å². The van der Waals surface area contributed by atoms with E-state index in [0.717, 1.165) is 11.1 Å². The third kappa shape index (κ3) is 5.86. The van der Waals surface area contributed by atoms with Gasteiger partial charge in [0.15, 0.2) is 21.3 Å². The number of nitrogens with one attached hydrogen (secondary N) is 1. The highest BCUT2D eigenvalue weighted by molar-refractivity contribution is 7.92. The van der Waals surface area contributed by atoms with Gasteiger partial charge in [0.25, 0.3) is 5.88 Å². The van der Waals surface area contributed by atoms with Gasteiger partial charge in [0, 0.05) is 30.7 Å². The predicted octanol–water partition coefficient (Wildman–Crippen LogP) is 3.74. The second kappa shape index (κ2) is 10.8. The summed E-state index contributed by atoms with van der Waals surface area (Å²) >= 11 is 0. The van der Waals surface area contributed by atoms with E-state index in [0.29, 0.717) is 23.5 Å². The fraction of sp³-hybridized carbons (Fsp3) is 0.192. The van der Waals surface area contributed by atoms with Gasteiger partial charge in [-0.15, -0.1) is 0 Å². The number of nitrogens with two attached hydrogens (primary N) is 1. The van der Waals surface area contributed by atoms with Gasteiger partial charge >= 0.3 is 6.09 Å². The van der Waals surface area contributed by atoms with E-state index in [9.17, 15) is 18.0 Å². The van der Waals surface area contributed by atoms with Gasteiger partial charge in [-0.05, 0) is 31.5 Å². The second-order valence-corrected chi connectivity index (χ2v) is 11.1. The molecule has 0 unspecified atom stereocenters. The highest BCUT2D eigenvalue weighted by Gasteiger charge is 2.21. The summed E-state index contributed by atoms with van der Waals surface area (Å²) < 4.78 is 35.4. The summed E-state index contributed by atoms with van der Waals surface area (Å²) in [5.41, 5.74) is 8.40. The van der Waals surface area contributed by atoms with Crippen molar-refractivity contribution in [1.29, 1.82) is 0 Å². The minimum absolute atomic E-state index is 0.0845. The molecule has 0 atom stereocenters. The van der Waals surface area contributed by atoms with Gasteiger partial charge in [-0.1, -0.05) is 41.6 Å². The molecule has 0 bridgehead atoms. The average molecular weight is 536 g/mol. The maximum absolute atomic E-state index is 12.4. The molecule has 2 amide bonds. The van der Waals surface area contributed by atoms with E-state index in [1.165, 1.54) is 25.3 Å². The number of rotatable bonds is 8. The molecule has 4 rings (SSSR count). The Morgan fingerprint density at radius 2 is 1.66 bits per heavy atom. The molecule has 3 N–H and O–H groups in total. The van der Waals surface area contributed by atoms with Gasteiger partial charge in [0.2, 0.25) is 5.91 Å². The zero-order valence-electron chi connectivity index (χ0n) is 20.8. The number of hydrogen-bond donors (Lipinski definition) is 2. The van der Waals surface area contributed by atoms with Crippen LogP contribution in [0.15, 0.2) is 70.2 Å². The summed E-state index contributed by atoms with van der Waals surface area (Å²) in [6.07, 6.45) is 0.296. The first-order valence-electron chi connectivity index (χ1n) is 11.5. The number of hydrogen-bond acceptors (Lipinski definition) is 9. The van der Waals surface area contributed by atoms with E-state index in [-0.39, 0.29) is 28.1 Å². The number of amides is 2. The topological polar surface area (TPSA) is 167 Å². The minimum atomic E-state index is -3.43. The van der Waals surface area contributed by atoms with Crippen molar-refractivity contribution in [2.45, 2.75) is 37.5 Å². The molecular weight excluding hydrogens is 510 g/mol. The molecule has 0 aliphatic heterocycles. The Morgan fingerprint density at radius 3 is 2.26 bits per heavy atom. The molecule has 2 aromatic heterocycles. The molecule has 0 saturated carbocycles. The third-order valence-corrected chi connectivity index (χ3v) is 7.74. The maximum Gasteiger partial charge on any atom is 0.411 e. The summed E-state index contributed by atoms with van der Waals surface area (Å²) in [5, 5.41) is 6.27. The fourth-order valence-electron chi connectivity index (χ4n) is 3.48. The zero-order valence-corrected chi connectivity index (χ0v) is 21.7. The van der Waals surface area contributed by atoms with Crippen LogP contribution in [0.1, 0.15) is 26.3 Å².